The van der Waals surface area contributed by atoms with E-state index in [9.17, 15) is 9.59 Å². The number of carbonyl (C=O) groups is 2. The quantitative estimate of drug-likeness (QED) is 0.0807. The van der Waals surface area contributed by atoms with Crippen molar-refractivity contribution in [2.75, 3.05) is 26.2 Å². The molecular formula is C56H53Cl4FN12O4. The first-order valence-corrected chi connectivity index (χ1v) is 26.5. The lowest BCUT2D eigenvalue weighted by molar-refractivity contribution is 0.0656. The summed E-state index contributed by atoms with van der Waals surface area (Å²) < 4.78 is 29.0. The smallest absolute Gasteiger partial charge is 0.272 e. The molecule has 2 aliphatic rings. The van der Waals surface area contributed by atoms with Crippen molar-refractivity contribution in [2.45, 2.75) is 77.4 Å². The zero-order valence-corrected chi connectivity index (χ0v) is 45.5. The first kappa shape index (κ1) is 53.4. The average Bonchev–Trinajstić information content (AvgIpc) is 4.00. The third-order valence-electron chi connectivity index (χ3n) is 13.6. The van der Waals surface area contributed by atoms with Gasteiger partial charge < -0.3 is 29.9 Å². The summed E-state index contributed by atoms with van der Waals surface area (Å²) in [6, 6.07) is 16.1. The molecule has 396 valence electrons. The lowest BCUT2D eigenvalue weighted by atomic mass is 9.99. The fourth-order valence-electron chi connectivity index (χ4n) is 10.1. The van der Waals surface area contributed by atoms with Gasteiger partial charge in [0.1, 0.15) is 40.9 Å². The fourth-order valence-corrected chi connectivity index (χ4v) is 11.4. The fraction of sp³-hybridized carbons (Fsp3) is 0.286. The zero-order valence-electron chi connectivity index (χ0n) is 42.5. The summed E-state index contributed by atoms with van der Waals surface area (Å²) in [5, 5.41) is 25.2. The molecule has 2 aliphatic heterocycles. The summed E-state index contributed by atoms with van der Waals surface area (Å²) >= 11 is 26.0. The van der Waals surface area contributed by atoms with Gasteiger partial charge in [0.2, 0.25) is 0 Å². The molecule has 77 heavy (non-hydrogen) atoms. The van der Waals surface area contributed by atoms with Crippen LogP contribution in [-0.2, 0) is 6.42 Å². The van der Waals surface area contributed by atoms with Gasteiger partial charge >= 0.3 is 0 Å². The number of ether oxygens (including phenoxy) is 2. The Hall–Kier alpha value is -6.99. The molecule has 0 spiro atoms. The number of pyridine rings is 4. The summed E-state index contributed by atoms with van der Waals surface area (Å²) in [6.45, 7) is 11.7. The number of hydrogen-bond donors (Lipinski definition) is 4. The monoisotopic (exact) mass is 1120 g/mol. The highest BCUT2D eigenvalue weighted by atomic mass is 35.5. The van der Waals surface area contributed by atoms with Crippen LogP contribution in [0.5, 0.6) is 11.5 Å². The molecule has 4 N–H and O–H groups in total. The molecule has 0 saturated carbocycles. The molecule has 21 heteroatoms. The Morgan fingerprint density at radius 2 is 1.23 bits per heavy atom. The Bertz CT molecular complexity index is 3510. The normalized spacial score (nSPS) is 19.0. The SMILES string of the molecule is CC1CN(C(=O)c2ccc(/C(F)=C/c3n[nH]c4cc(CC5CN(C(=O)c6ccc(/C=C/c7n[nH]c8ccc(O[C@H](C)c9c(Cl)cncc9Cl)cc78)cn6)CC(C)N5)c(O[C@H](C)c5c(Cl)cncc5Cl)cc34)cn2)CC(C)N1. The summed E-state index contributed by atoms with van der Waals surface area (Å²) in [4.78, 5) is 48.1. The molecule has 10 rings (SSSR count). The molecule has 0 radical (unpaired) electrons. The van der Waals surface area contributed by atoms with E-state index in [0.29, 0.717) is 103 Å². The van der Waals surface area contributed by atoms with Crippen molar-refractivity contribution in [1.29, 1.82) is 0 Å². The van der Waals surface area contributed by atoms with Gasteiger partial charge in [0.25, 0.3) is 11.8 Å². The van der Waals surface area contributed by atoms with E-state index in [2.05, 4.69) is 51.0 Å². The predicted octanol–water partition coefficient (Wildman–Crippen LogP) is 11.4. The number of amides is 2. The number of carbonyl (C=O) groups excluding carboxylic acids is 2. The average molecular weight is 1120 g/mol. The van der Waals surface area contributed by atoms with Crippen LogP contribution >= 0.6 is 46.4 Å². The summed E-state index contributed by atoms with van der Waals surface area (Å²) in [6.07, 6.45) is 13.5. The van der Waals surface area contributed by atoms with Gasteiger partial charge in [0, 0.05) is 121 Å². The minimum atomic E-state index is -0.628. The number of H-pyrrole nitrogens is 2. The van der Waals surface area contributed by atoms with E-state index in [1.54, 1.807) is 34.2 Å². The van der Waals surface area contributed by atoms with Gasteiger partial charge in [0.05, 0.1) is 42.5 Å². The molecule has 8 heterocycles. The Morgan fingerprint density at radius 3 is 1.86 bits per heavy atom. The molecule has 4 unspecified atom stereocenters. The maximum atomic E-state index is 16.1. The van der Waals surface area contributed by atoms with Gasteiger partial charge in [-0.15, -0.1) is 0 Å². The number of aromatic nitrogens is 8. The molecule has 2 aromatic carbocycles. The third-order valence-corrected chi connectivity index (χ3v) is 14.8. The second-order valence-electron chi connectivity index (χ2n) is 19.6. The molecule has 16 nitrogen and oxygen atoms in total. The van der Waals surface area contributed by atoms with Gasteiger partial charge in [-0.2, -0.15) is 10.2 Å². The van der Waals surface area contributed by atoms with Gasteiger partial charge in [-0.05, 0) is 107 Å². The molecular weight excluding hydrogens is 1070 g/mol. The van der Waals surface area contributed by atoms with Gasteiger partial charge in [-0.1, -0.05) is 58.5 Å². The maximum absolute atomic E-state index is 16.1. The van der Waals surface area contributed by atoms with E-state index >= 15 is 4.39 Å². The molecule has 2 amide bonds. The largest absolute Gasteiger partial charge is 0.486 e. The van der Waals surface area contributed by atoms with E-state index in [0.717, 1.165) is 22.0 Å². The second-order valence-corrected chi connectivity index (χ2v) is 21.2. The van der Waals surface area contributed by atoms with E-state index < -0.39 is 18.0 Å². The molecule has 8 aromatic rings. The summed E-state index contributed by atoms with van der Waals surface area (Å²) in [5.41, 5.74) is 5.97. The number of aromatic amines is 2. The van der Waals surface area contributed by atoms with Crippen molar-refractivity contribution >= 4 is 104 Å². The number of fused-ring (bicyclic) bond motifs is 2. The zero-order chi connectivity index (χ0) is 54.1. The topological polar surface area (TPSA) is 192 Å². The second kappa shape index (κ2) is 22.9. The maximum Gasteiger partial charge on any atom is 0.272 e. The van der Waals surface area contributed by atoms with Crippen LogP contribution in [-0.4, -0.2) is 112 Å². The lowest BCUT2D eigenvalue weighted by Gasteiger charge is -2.38. The molecule has 6 aromatic heterocycles. The molecule has 2 saturated heterocycles. The number of piperazine rings is 2. The molecule has 6 atom stereocenters. The highest BCUT2D eigenvalue weighted by Gasteiger charge is 2.31. The van der Waals surface area contributed by atoms with Crippen LogP contribution in [0.2, 0.25) is 20.1 Å². The Labute approximate surface area is 463 Å². The summed E-state index contributed by atoms with van der Waals surface area (Å²) in [7, 11) is 0. The minimum Gasteiger partial charge on any atom is -0.486 e. The number of hydrogen-bond acceptors (Lipinski definition) is 12. The van der Waals surface area contributed by atoms with E-state index in [1.165, 1.54) is 37.1 Å². The number of nitrogens with zero attached hydrogens (tertiary/aromatic N) is 8. The minimum absolute atomic E-state index is 0.0617. The van der Waals surface area contributed by atoms with Crippen molar-refractivity contribution in [3.8, 4) is 11.5 Å². The van der Waals surface area contributed by atoms with Crippen molar-refractivity contribution in [1.82, 2.24) is 60.8 Å². The molecule has 0 aliphatic carbocycles. The van der Waals surface area contributed by atoms with Crippen LogP contribution in [0.4, 0.5) is 4.39 Å². The highest BCUT2D eigenvalue weighted by molar-refractivity contribution is 6.36. The van der Waals surface area contributed by atoms with Crippen LogP contribution in [0, 0.1) is 0 Å². The van der Waals surface area contributed by atoms with Gasteiger partial charge in [-0.25, -0.2) is 4.39 Å². The summed E-state index contributed by atoms with van der Waals surface area (Å²) in [5.74, 6) is 0.0924. The number of rotatable bonds is 14. The lowest BCUT2D eigenvalue weighted by Crippen LogP contribution is -2.57. The van der Waals surface area contributed by atoms with E-state index in [-0.39, 0.29) is 47.2 Å². The standard InChI is InChI=1S/C56H53Cl4FN12O4/c1-29-25-72(26-30(2)66-29)55(74)49-12-8-35(20-65-49)45(61)18-51-40-17-52(77-33(5)54-43(59)23-63-24-44(54)60)36(15-50(40)70-71-51)14-37-28-73(27-31(3)67-37)56(75)48-11-7-34(19-64-48)6-10-46-39-16-38(9-13-47(39)69-68-46)76-32(4)53-41(57)21-62-22-42(53)58/h6-13,15-24,29-33,37,66-67H,14,25-28H2,1-5H3,(H,68,69)(H,70,71)/b10-6+,45-18-/t29?,30?,31?,32-,33-,37?/m1/s1. The Morgan fingerprint density at radius 1 is 0.662 bits per heavy atom. The number of halogens is 5. The van der Waals surface area contributed by atoms with E-state index in [4.69, 9.17) is 55.9 Å². The van der Waals surface area contributed by atoms with Crippen molar-refractivity contribution in [3.63, 3.8) is 0 Å². The first-order valence-electron chi connectivity index (χ1n) is 25.0. The Balaban J connectivity index is 0.848. The van der Waals surface area contributed by atoms with Crippen LogP contribution in [0.1, 0.15) is 107 Å². The number of nitrogens with one attached hydrogen (secondary N) is 4. The number of benzene rings is 2. The van der Waals surface area contributed by atoms with Crippen LogP contribution in [0.3, 0.4) is 0 Å². The van der Waals surface area contributed by atoms with Crippen LogP contribution < -0.4 is 20.1 Å². The van der Waals surface area contributed by atoms with Gasteiger partial charge in [0.15, 0.2) is 0 Å². The third kappa shape index (κ3) is 12.0. The van der Waals surface area contributed by atoms with Crippen molar-refractivity contribution < 1.29 is 23.5 Å². The van der Waals surface area contributed by atoms with Crippen molar-refractivity contribution in [3.05, 3.63) is 162 Å². The first-order chi connectivity index (χ1) is 37.0. The predicted molar refractivity (Wildman–Crippen MR) is 299 cm³/mol. The van der Waals surface area contributed by atoms with Crippen LogP contribution in [0.25, 0.3) is 45.9 Å². The molecule has 0 bridgehead atoms. The van der Waals surface area contributed by atoms with Crippen LogP contribution in [0.15, 0.2) is 91.8 Å². The van der Waals surface area contributed by atoms with Gasteiger partial charge in [-0.3, -0.25) is 39.7 Å². The highest BCUT2D eigenvalue weighted by Crippen LogP contribution is 2.38. The van der Waals surface area contributed by atoms with E-state index in [1.807, 2.05) is 83.2 Å². The molecule has 2 fully saturated rings. The Kier molecular flexibility index (Phi) is 15.9. The van der Waals surface area contributed by atoms with Crippen molar-refractivity contribution in [2.24, 2.45) is 0 Å².